The van der Waals surface area contributed by atoms with Gasteiger partial charge in [-0.3, -0.25) is 0 Å². The summed E-state index contributed by atoms with van der Waals surface area (Å²) in [7, 11) is 0. The second-order valence-electron chi connectivity index (χ2n) is 4.62. The van der Waals surface area contributed by atoms with E-state index < -0.39 is 0 Å². The highest BCUT2D eigenvalue weighted by molar-refractivity contribution is 7.10. The summed E-state index contributed by atoms with van der Waals surface area (Å²) < 4.78 is 0. The molecule has 0 amide bonds. The Morgan fingerprint density at radius 1 is 1.05 bits per heavy atom. The molecule has 1 atom stereocenters. The molecule has 2 N–H and O–H groups in total. The SMILES string of the molecule is NC(Cc1ccc2ccccc2c1)c1sccc1Cl. The van der Waals surface area contributed by atoms with Gasteiger partial charge in [-0.1, -0.05) is 54.1 Å². The molecule has 3 rings (SSSR count). The van der Waals surface area contributed by atoms with Crippen molar-refractivity contribution in [2.24, 2.45) is 5.73 Å². The molecule has 0 bridgehead atoms. The fraction of sp³-hybridized carbons (Fsp3) is 0.125. The third-order valence-electron chi connectivity index (χ3n) is 3.25. The number of halogens is 1. The minimum Gasteiger partial charge on any atom is -0.323 e. The molecular weight excluding hydrogens is 274 g/mol. The van der Waals surface area contributed by atoms with Gasteiger partial charge in [0.2, 0.25) is 0 Å². The lowest BCUT2D eigenvalue weighted by Gasteiger charge is -2.11. The van der Waals surface area contributed by atoms with Gasteiger partial charge in [-0.05, 0) is 34.2 Å². The van der Waals surface area contributed by atoms with Crippen LogP contribution in [0.3, 0.4) is 0 Å². The summed E-state index contributed by atoms with van der Waals surface area (Å²) in [6, 6.07) is 16.7. The number of fused-ring (bicyclic) bond motifs is 1. The van der Waals surface area contributed by atoms with Crippen LogP contribution in [0.15, 0.2) is 53.9 Å². The Bertz CT molecular complexity index is 705. The van der Waals surface area contributed by atoms with Crippen LogP contribution < -0.4 is 5.73 Å². The molecule has 0 aliphatic rings. The molecule has 1 heterocycles. The maximum atomic E-state index is 6.24. The van der Waals surface area contributed by atoms with Crippen LogP contribution in [0.4, 0.5) is 0 Å². The maximum absolute atomic E-state index is 6.24. The average Bonchev–Trinajstić information content (AvgIpc) is 2.85. The predicted octanol–water partition coefficient (Wildman–Crippen LogP) is 4.80. The number of benzene rings is 2. The molecule has 0 saturated carbocycles. The molecule has 0 radical (unpaired) electrons. The van der Waals surface area contributed by atoms with Crippen molar-refractivity contribution in [1.82, 2.24) is 0 Å². The molecule has 3 aromatic rings. The summed E-state index contributed by atoms with van der Waals surface area (Å²) in [6.45, 7) is 0. The molecule has 19 heavy (non-hydrogen) atoms. The van der Waals surface area contributed by atoms with Crippen LogP contribution in [0.1, 0.15) is 16.5 Å². The molecular formula is C16H14ClNS. The average molecular weight is 288 g/mol. The van der Waals surface area contributed by atoms with E-state index >= 15 is 0 Å². The van der Waals surface area contributed by atoms with Gasteiger partial charge in [0, 0.05) is 10.9 Å². The first kappa shape index (κ1) is 12.7. The first-order chi connectivity index (χ1) is 9.24. The Morgan fingerprint density at radius 3 is 2.58 bits per heavy atom. The van der Waals surface area contributed by atoms with Gasteiger partial charge in [0.05, 0.1) is 5.02 Å². The summed E-state index contributed by atoms with van der Waals surface area (Å²) in [5.74, 6) is 0. The number of hydrogen-bond donors (Lipinski definition) is 1. The maximum Gasteiger partial charge on any atom is 0.0561 e. The Kier molecular flexibility index (Phi) is 3.56. The van der Waals surface area contributed by atoms with Gasteiger partial charge < -0.3 is 5.73 Å². The third kappa shape index (κ3) is 2.66. The van der Waals surface area contributed by atoms with Crippen molar-refractivity contribution >= 4 is 33.7 Å². The number of thiophene rings is 1. The lowest BCUT2D eigenvalue weighted by molar-refractivity contribution is 0.737. The zero-order chi connectivity index (χ0) is 13.2. The topological polar surface area (TPSA) is 26.0 Å². The molecule has 1 nitrogen and oxygen atoms in total. The molecule has 1 unspecified atom stereocenters. The normalized spacial score (nSPS) is 12.7. The van der Waals surface area contributed by atoms with Gasteiger partial charge in [-0.2, -0.15) is 0 Å². The van der Waals surface area contributed by atoms with Gasteiger partial charge >= 0.3 is 0 Å². The number of nitrogens with two attached hydrogens (primary N) is 1. The summed E-state index contributed by atoms with van der Waals surface area (Å²) in [5, 5.41) is 5.27. The lowest BCUT2D eigenvalue weighted by atomic mass is 10.0. The monoisotopic (exact) mass is 287 g/mol. The van der Waals surface area contributed by atoms with Crippen LogP contribution in [0.2, 0.25) is 5.02 Å². The van der Waals surface area contributed by atoms with E-state index in [4.69, 9.17) is 17.3 Å². The largest absolute Gasteiger partial charge is 0.323 e. The molecule has 0 saturated heterocycles. The molecule has 2 aromatic carbocycles. The zero-order valence-electron chi connectivity index (χ0n) is 10.3. The molecule has 0 aliphatic heterocycles. The smallest absolute Gasteiger partial charge is 0.0561 e. The van der Waals surface area contributed by atoms with E-state index in [1.54, 1.807) is 11.3 Å². The van der Waals surface area contributed by atoms with Crippen molar-refractivity contribution in [3.63, 3.8) is 0 Å². The molecule has 0 spiro atoms. The van der Waals surface area contributed by atoms with Crippen LogP contribution >= 0.6 is 22.9 Å². The fourth-order valence-corrected chi connectivity index (χ4v) is 3.48. The molecule has 1 aromatic heterocycles. The second kappa shape index (κ2) is 5.33. The first-order valence-corrected chi connectivity index (χ1v) is 7.46. The summed E-state index contributed by atoms with van der Waals surface area (Å²) >= 11 is 7.75. The highest BCUT2D eigenvalue weighted by Gasteiger charge is 2.12. The Balaban J connectivity index is 1.87. The van der Waals surface area contributed by atoms with Crippen LogP contribution in [0.5, 0.6) is 0 Å². The fourth-order valence-electron chi connectivity index (χ4n) is 2.28. The summed E-state index contributed by atoms with van der Waals surface area (Å²) in [4.78, 5) is 1.06. The summed E-state index contributed by atoms with van der Waals surface area (Å²) in [5.41, 5.74) is 7.49. The van der Waals surface area contributed by atoms with E-state index in [0.717, 1.165) is 16.3 Å². The van der Waals surface area contributed by atoms with Crippen molar-refractivity contribution < 1.29 is 0 Å². The standard InChI is InChI=1S/C16H14ClNS/c17-14-7-8-19-16(14)15(18)10-11-5-6-12-3-1-2-4-13(12)9-11/h1-9,15H,10,18H2. The molecule has 3 heteroatoms. The minimum absolute atomic E-state index is 0.0336. The van der Waals surface area contributed by atoms with Crippen molar-refractivity contribution in [2.75, 3.05) is 0 Å². The van der Waals surface area contributed by atoms with Crippen LogP contribution in [-0.4, -0.2) is 0 Å². The Labute approximate surface area is 121 Å². The van der Waals surface area contributed by atoms with E-state index in [9.17, 15) is 0 Å². The zero-order valence-corrected chi connectivity index (χ0v) is 11.9. The highest BCUT2D eigenvalue weighted by atomic mass is 35.5. The highest BCUT2D eigenvalue weighted by Crippen LogP contribution is 2.29. The minimum atomic E-state index is -0.0336. The quantitative estimate of drug-likeness (QED) is 0.736. The second-order valence-corrected chi connectivity index (χ2v) is 5.98. The Hall–Kier alpha value is -1.35. The lowest BCUT2D eigenvalue weighted by Crippen LogP contribution is -2.12. The van der Waals surface area contributed by atoms with Crippen LogP contribution in [0.25, 0.3) is 10.8 Å². The van der Waals surface area contributed by atoms with Crippen molar-refractivity contribution in [3.8, 4) is 0 Å². The predicted molar refractivity (Wildman–Crippen MR) is 83.9 cm³/mol. The van der Waals surface area contributed by atoms with E-state index in [1.807, 2.05) is 11.4 Å². The van der Waals surface area contributed by atoms with Gasteiger partial charge in [0.15, 0.2) is 0 Å². The first-order valence-electron chi connectivity index (χ1n) is 6.20. The van der Waals surface area contributed by atoms with E-state index in [2.05, 4.69) is 42.5 Å². The van der Waals surface area contributed by atoms with Crippen LogP contribution in [-0.2, 0) is 6.42 Å². The number of hydrogen-bond acceptors (Lipinski definition) is 2. The van der Waals surface area contributed by atoms with E-state index in [0.29, 0.717) is 0 Å². The molecule has 96 valence electrons. The van der Waals surface area contributed by atoms with Crippen LogP contribution in [0, 0.1) is 0 Å². The molecule has 0 aliphatic carbocycles. The van der Waals surface area contributed by atoms with Crippen molar-refractivity contribution in [1.29, 1.82) is 0 Å². The van der Waals surface area contributed by atoms with Crippen molar-refractivity contribution in [2.45, 2.75) is 12.5 Å². The van der Waals surface area contributed by atoms with Gasteiger partial charge in [-0.15, -0.1) is 11.3 Å². The van der Waals surface area contributed by atoms with Gasteiger partial charge in [-0.25, -0.2) is 0 Å². The molecule has 0 fully saturated rings. The Morgan fingerprint density at radius 2 is 1.84 bits per heavy atom. The van der Waals surface area contributed by atoms with Crippen molar-refractivity contribution in [3.05, 3.63) is 69.4 Å². The summed E-state index contributed by atoms with van der Waals surface area (Å²) in [6.07, 6.45) is 0.811. The van der Waals surface area contributed by atoms with Gasteiger partial charge in [0.1, 0.15) is 0 Å². The van der Waals surface area contributed by atoms with E-state index in [-0.39, 0.29) is 6.04 Å². The van der Waals surface area contributed by atoms with E-state index in [1.165, 1.54) is 16.3 Å². The van der Waals surface area contributed by atoms with Gasteiger partial charge in [0.25, 0.3) is 0 Å². The third-order valence-corrected chi connectivity index (χ3v) is 4.74. The number of rotatable bonds is 3.